The van der Waals surface area contributed by atoms with Gasteiger partial charge in [0.2, 0.25) is 5.88 Å². The lowest BCUT2D eigenvalue weighted by Gasteiger charge is -2.05. The van der Waals surface area contributed by atoms with Crippen molar-refractivity contribution in [3.8, 4) is 17.3 Å². The number of H-pyrrole nitrogens is 1. The predicted octanol–water partition coefficient (Wildman–Crippen LogP) is 3.12. The Balaban J connectivity index is 2.58. The zero-order chi connectivity index (χ0) is 13.3. The molecule has 0 fully saturated rings. The maximum absolute atomic E-state index is 11.7. The minimum Gasteiger partial charge on any atom is -0.493 e. The van der Waals surface area contributed by atoms with Crippen molar-refractivity contribution in [3.05, 3.63) is 43.6 Å². The molecule has 2 aromatic rings. The summed E-state index contributed by atoms with van der Waals surface area (Å²) >= 11 is 9.18. The topological polar surface area (TPSA) is 66.0 Å². The molecule has 18 heavy (non-hydrogen) atoms. The summed E-state index contributed by atoms with van der Waals surface area (Å²) in [5.41, 5.74) is 0.624. The van der Waals surface area contributed by atoms with Crippen LogP contribution < -0.4 is 5.56 Å². The van der Waals surface area contributed by atoms with E-state index in [1.807, 2.05) is 0 Å². The second kappa shape index (κ2) is 5.12. The predicted molar refractivity (Wildman–Crippen MR) is 74.0 cm³/mol. The van der Waals surface area contributed by atoms with E-state index in [2.05, 4.69) is 25.9 Å². The van der Waals surface area contributed by atoms with E-state index < -0.39 is 0 Å². The quantitative estimate of drug-likeness (QED) is 0.889. The van der Waals surface area contributed by atoms with Gasteiger partial charge in [0, 0.05) is 10.0 Å². The van der Waals surface area contributed by atoms with Crippen LogP contribution in [0.25, 0.3) is 11.4 Å². The SMILES string of the molecule is CCc1c(O)nc(-c2ccc(Cl)c(Br)c2)[nH]c1=O. The van der Waals surface area contributed by atoms with Crippen molar-refractivity contribution in [1.29, 1.82) is 0 Å². The fourth-order valence-corrected chi connectivity index (χ4v) is 2.08. The summed E-state index contributed by atoms with van der Waals surface area (Å²) < 4.78 is 0.698. The van der Waals surface area contributed by atoms with Gasteiger partial charge >= 0.3 is 0 Å². The fourth-order valence-electron chi connectivity index (χ4n) is 1.58. The highest BCUT2D eigenvalue weighted by Crippen LogP contribution is 2.27. The van der Waals surface area contributed by atoms with Crippen LogP contribution in [0.3, 0.4) is 0 Å². The summed E-state index contributed by atoms with van der Waals surface area (Å²) in [6.07, 6.45) is 0.429. The van der Waals surface area contributed by atoms with Crippen LogP contribution in [-0.2, 0) is 6.42 Å². The van der Waals surface area contributed by atoms with Gasteiger partial charge in [-0.1, -0.05) is 18.5 Å². The Bertz CT molecular complexity index is 655. The molecule has 2 rings (SSSR count). The van der Waals surface area contributed by atoms with E-state index in [1.54, 1.807) is 25.1 Å². The van der Waals surface area contributed by atoms with Crippen molar-refractivity contribution >= 4 is 27.5 Å². The van der Waals surface area contributed by atoms with E-state index in [9.17, 15) is 9.90 Å². The minimum atomic E-state index is -0.328. The van der Waals surface area contributed by atoms with Crippen LogP contribution in [-0.4, -0.2) is 15.1 Å². The Hall–Kier alpha value is -1.33. The lowest BCUT2D eigenvalue weighted by molar-refractivity contribution is 0.444. The van der Waals surface area contributed by atoms with Gasteiger partial charge in [0.1, 0.15) is 5.82 Å². The van der Waals surface area contributed by atoms with Crippen molar-refractivity contribution in [2.24, 2.45) is 0 Å². The van der Waals surface area contributed by atoms with E-state index in [0.717, 1.165) is 0 Å². The van der Waals surface area contributed by atoms with E-state index >= 15 is 0 Å². The van der Waals surface area contributed by atoms with E-state index in [-0.39, 0.29) is 17.0 Å². The molecule has 1 aromatic carbocycles. The molecule has 0 radical (unpaired) electrons. The van der Waals surface area contributed by atoms with Crippen LogP contribution in [0.4, 0.5) is 0 Å². The number of rotatable bonds is 2. The summed E-state index contributed by atoms with van der Waals surface area (Å²) in [6.45, 7) is 1.78. The maximum atomic E-state index is 11.7. The fraction of sp³-hybridized carbons (Fsp3) is 0.167. The average Bonchev–Trinajstić information content (AvgIpc) is 2.32. The molecule has 0 saturated heterocycles. The second-order valence-electron chi connectivity index (χ2n) is 3.70. The zero-order valence-electron chi connectivity index (χ0n) is 9.50. The summed E-state index contributed by atoms with van der Waals surface area (Å²) in [5, 5.41) is 10.3. The Kier molecular flexibility index (Phi) is 3.73. The third-order valence-corrected chi connectivity index (χ3v) is 3.75. The molecule has 2 N–H and O–H groups in total. The highest BCUT2D eigenvalue weighted by Gasteiger charge is 2.10. The summed E-state index contributed by atoms with van der Waals surface area (Å²) in [7, 11) is 0. The lowest BCUT2D eigenvalue weighted by atomic mass is 10.2. The standard InChI is InChI=1S/C12H10BrClN2O2/c1-2-7-11(17)15-10(16-12(7)18)6-3-4-9(14)8(13)5-6/h3-5H,2H2,1H3,(H2,15,16,17,18). The Morgan fingerprint density at radius 1 is 1.50 bits per heavy atom. The van der Waals surface area contributed by atoms with Crippen molar-refractivity contribution in [2.75, 3.05) is 0 Å². The van der Waals surface area contributed by atoms with Gasteiger partial charge in [-0.3, -0.25) is 4.79 Å². The summed E-state index contributed by atoms with van der Waals surface area (Å²) in [6, 6.07) is 5.13. The number of halogens is 2. The largest absolute Gasteiger partial charge is 0.493 e. The number of nitrogens with one attached hydrogen (secondary N) is 1. The summed E-state index contributed by atoms with van der Waals surface area (Å²) in [5.74, 6) is 0.0781. The Morgan fingerprint density at radius 3 is 2.78 bits per heavy atom. The number of aromatic hydroxyl groups is 1. The van der Waals surface area contributed by atoms with Crippen LogP contribution in [0.5, 0.6) is 5.88 Å². The average molecular weight is 330 g/mol. The van der Waals surface area contributed by atoms with Crippen molar-refractivity contribution < 1.29 is 5.11 Å². The monoisotopic (exact) mass is 328 g/mol. The summed E-state index contributed by atoms with van der Waals surface area (Å²) in [4.78, 5) is 18.3. The van der Waals surface area contributed by atoms with Gasteiger partial charge in [0.05, 0.1) is 10.6 Å². The van der Waals surface area contributed by atoms with Crippen molar-refractivity contribution in [2.45, 2.75) is 13.3 Å². The first-order valence-corrected chi connectivity index (χ1v) is 6.47. The molecule has 0 bridgehead atoms. The van der Waals surface area contributed by atoms with Crippen LogP contribution >= 0.6 is 27.5 Å². The number of benzene rings is 1. The highest BCUT2D eigenvalue weighted by atomic mass is 79.9. The second-order valence-corrected chi connectivity index (χ2v) is 4.96. The third kappa shape index (κ3) is 2.42. The van der Waals surface area contributed by atoms with Gasteiger partial charge in [-0.25, -0.2) is 0 Å². The van der Waals surface area contributed by atoms with Crippen LogP contribution in [0.1, 0.15) is 12.5 Å². The van der Waals surface area contributed by atoms with Crippen molar-refractivity contribution in [1.82, 2.24) is 9.97 Å². The molecular weight excluding hydrogens is 320 g/mol. The van der Waals surface area contributed by atoms with E-state index in [4.69, 9.17) is 11.6 Å². The molecule has 0 saturated carbocycles. The first-order chi connectivity index (χ1) is 8.52. The van der Waals surface area contributed by atoms with Gasteiger partial charge in [0.15, 0.2) is 0 Å². The van der Waals surface area contributed by atoms with Gasteiger partial charge in [-0.2, -0.15) is 4.98 Å². The highest BCUT2D eigenvalue weighted by molar-refractivity contribution is 9.10. The molecular formula is C12H10BrClN2O2. The molecule has 0 amide bonds. The number of nitrogens with zero attached hydrogens (tertiary/aromatic N) is 1. The maximum Gasteiger partial charge on any atom is 0.258 e. The van der Waals surface area contributed by atoms with E-state index in [1.165, 1.54) is 0 Å². The first-order valence-electron chi connectivity index (χ1n) is 5.30. The number of hydrogen-bond acceptors (Lipinski definition) is 3. The lowest BCUT2D eigenvalue weighted by Crippen LogP contribution is -2.14. The number of aromatic nitrogens is 2. The first kappa shape index (κ1) is 13.1. The molecule has 0 aliphatic rings. The van der Waals surface area contributed by atoms with Crippen molar-refractivity contribution in [3.63, 3.8) is 0 Å². The van der Waals surface area contributed by atoms with Crippen LogP contribution in [0, 0.1) is 0 Å². The number of hydrogen-bond donors (Lipinski definition) is 2. The molecule has 0 atom stereocenters. The molecule has 1 aromatic heterocycles. The molecule has 0 spiro atoms. The molecule has 4 nitrogen and oxygen atoms in total. The van der Waals surface area contributed by atoms with Gasteiger partial charge in [0.25, 0.3) is 5.56 Å². The Labute approximate surface area is 117 Å². The minimum absolute atomic E-state index is 0.234. The molecule has 6 heteroatoms. The smallest absolute Gasteiger partial charge is 0.258 e. The van der Waals surface area contributed by atoms with Gasteiger partial charge in [-0.15, -0.1) is 0 Å². The molecule has 0 aliphatic carbocycles. The molecule has 0 aliphatic heterocycles. The number of aromatic amines is 1. The normalized spacial score (nSPS) is 10.6. The van der Waals surface area contributed by atoms with Crippen LogP contribution in [0.2, 0.25) is 5.02 Å². The zero-order valence-corrected chi connectivity index (χ0v) is 11.8. The van der Waals surface area contributed by atoms with Gasteiger partial charge in [-0.05, 0) is 40.5 Å². The molecule has 1 heterocycles. The third-order valence-electron chi connectivity index (χ3n) is 2.54. The molecule has 94 valence electrons. The molecule has 0 unspecified atom stereocenters. The van der Waals surface area contributed by atoms with Gasteiger partial charge < -0.3 is 10.1 Å². The Morgan fingerprint density at radius 2 is 2.22 bits per heavy atom. The van der Waals surface area contributed by atoms with Crippen LogP contribution in [0.15, 0.2) is 27.5 Å². The van der Waals surface area contributed by atoms with E-state index in [0.29, 0.717) is 27.3 Å².